The van der Waals surface area contributed by atoms with Gasteiger partial charge in [-0.25, -0.2) is 0 Å². The molecule has 1 N–H and O–H groups in total. The summed E-state index contributed by atoms with van der Waals surface area (Å²) < 4.78 is 0. The van der Waals surface area contributed by atoms with E-state index in [1.807, 2.05) is 13.8 Å². The lowest BCUT2D eigenvalue weighted by Crippen LogP contribution is -2.49. The van der Waals surface area contributed by atoms with Gasteiger partial charge in [0, 0.05) is 70.7 Å². The molecule has 2 atom stereocenters. The van der Waals surface area contributed by atoms with E-state index < -0.39 is 0 Å². The number of rotatable bonds is 7. The summed E-state index contributed by atoms with van der Waals surface area (Å²) in [5.74, 6) is 2.42. The minimum atomic E-state index is 0.0577. The van der Waals surface area contributed by atoms with Gasteiger partial charge in [0.25, 0.3) is 0 Å². The minimum absolute atomic E-state index is 0.0577. The number of nitrogens with one attached hydrogen (secondary N) is 1. The molecule has 6 nitrogen and oxygen atoms in total. The van der Waals surface area contributed by atoms with Gasteiger partial charge in [0.2, 0.25) is 11.8 Å². The van der Waals surface area contributed by atoms with E-state index in [1.54, 1.807) is 0 Å². The smallest absolute Gasteiger partial charge is 0.223 e. The molecule has 160 valence electrons. The normalized spacial score (nSPS) is 28.9. The van der Waals surface area contributed by atoms with Crippen LogP contribution in [0.2, 0.25) is 0 Å². The molecule has 3 rings (SSSR count). The predicted octanol–water partition coefficient (Wildman–Crippen LogP) is 1.66. The number of piperazine rings is 1. The number of nitrogens with zero attached hydrogens (tertiary/aromatic N) is 3. The second-order valence-electron chi connectivity index (χ2n) is 9.78. The molecule has 3 aliphatic rings. The fourth-order valence-corrected chi connectivity index (χ4v) is 5.16. The average molecular weight is 393 g/mol. The van der Waals surface area contributed by atoms with Crippen LogP contribution in [0.5, 0.6) is 0 Å². The highest BCUT2D eigenvalue weighted by molar-refractivity contribution is 5.78. The Morgan fingerprint density at radius 1 is 0.964 bits per heavy atom. The largest absolute Gasteiger partial charge is 0.356 e. The molecule has 3 fully saturated rings. The van der Waals surface area contributed by atoms with Gasteiger partial charge in [0.1, 0.15) is 0 Å². The van der Waals surface area contributed by atoms with Crippen LogP contribution in [0.4, 0.5) is 0 Å². The van der Waals surface area contributed by atoms with Crippen molar-refractivity contribution in [3.8, 4) is 0 Å². The van der Waals surface area contributed by atoms with Crippen molar-refractivity contribution in [3.05, 3.63) is 0 Å². The van der Waals surface area contributed by atoms with E-state index in [-0.39, 0.29) is 11.8 Å². The van der Waals surface area contributed by atoms with E-state index in [4.69, 9.17) is 0 Å². The maximum Gasteiger partial charge on any atom is 0.223 e. The van der Waals surface area contributed by atoms with Gasteiger partial charge in [-0.05, 0) is 44.4 Å². The van der Waals surface area contributed by atoms with E-state index in [0.29, 0.717) is 36.1 Å². The Labute approximate surface area is 171 Å². The third-order valence-corrected chi connectivity index (χ3v) is 7.07. The van der Waals surface area contributed by atoms with Gasteiger partial charge in [0.15, 0.2) is 0 Å². The molecular formula is C22H40N4O2. The lowest BCUT2D eigenvalue weighted by atomic mass is 10.0. The van der Waals surface area contributed by atoms with Crippen molar-refractivity contribution in [1.29, 1.82) is 0 Å². The first-order chi connectivity index (χ1) is 13.3. The lowest BCUT2D eigenvalue weighted by molar-refractivity contribution is -0.131. The summed E-state index contributed by atoms with van der Waals surface area (Å²) in [6, 6.07) is 0.621. The van der Waals surface area contributed by atoms with Crippen LogP contribution in [0.1, 0.15) is 47.0 Å². The molecule has 2 amide bonds. The molecule has 6 heteroatoms. The fraction of sp³-hybridized carbons (Fsp3) is 0.909. The molecule has 0 aromatic rings. The highest BCUT2D eigenvalue weighted by Crippen LogP contribution is 2.41. The lowest BCUT2D eigenvalue weighted by Gasteiger charge is -2.37. The van der Waals surface area contributed by atoms with E-state index in [2.05, 4.69) is 33.9 Å². The highest BCUT2D eigenvalue weighted by atomic mass is 16.2. The van der Waals surface area contributed by atoms with Crippen molar-refractivity contribution in [2.75, 3.05) is 52.4 Å². The van der Waals surface area contributed by atoms with Crippen LogP contribution in [0, 0.1) is 23.7 Å². The van der Waals surface area contributed by atoms with Gasteiger partial charge < -0.3 is 15.1 Å². The Bertz CT molecular complexity index is 529. The van der Waals surface area contributed by atoms with Crippen molar-refractivity contribution in [1.82, 2.24) is 20.0 Å². The number of hydrogen-bond donors (Lipinski definition) is 1. The minimum Gasteiger partial charge on any atom is -0.356 e. The summed E-state index contributed by atoms with van der Waals surface area (Å²) in [6.45, 7) is 16.4. The number of carbonyl (C=O) groups is 2. The van der Waals surface area contributed by atoms with E-state index in [0.717, 1.165) is 65.2 Å². The third-order valence-electron chi connectivity index (χ3n) is 7.07. The highest BCUT2D eigenvalue weighted by Gasteiger charge is 2.42. The topological polar surface area (TPSA) is 55.9 Å². The molecule has 0 aromatic heterocycles. The molecule has 1 saturated carbocycles. The molecule has 28 heavy (non-hydrogen) atoms. The molecule has 2 heterocycles. The zero-order valence-electron chi connectivity index (χ0n) is 18.3. The van der Waals surface area contributed by atoms with Crippen LogP contribution in [-0.2, 0) is 9.59 Å². The summed E-state index contributed by atoms with van der Waals surface area (Å²) in [4.78, 5) is 31.5. The van der Waals surface area contributed by atoms with E-state index in [1.165, 1.54) is 0 Å². The molecule has 0 radical (unpaired) electrons. The quantitative estimate of drug-likeness (QED) is 0.716. The van der Waals surface area contributed by atoms with Crippen LogP contribution in [-0.4, -0.2) is 84.9 Å². The molecule has 2 saturated heterocycles. The maximum absolute atomic E-state index is 12.7. The van der Waals surface area contributed by atoms with Crippen LogP contribution in [0.15, 0.2) is 0 Å². The van der Waals surface area contributed by atoms with Crippen molar-refractivity contribution >= 4 is 11.8 Å². The number of fused-ring (bicyclic) bond motifs is 1. The van der Waals surface area contributed by atoms with Crippen LogP contribution >= 0.6 is 0 Å². The second kappa shape index (κ2) is 9.57. The summed E-state index contributed by atoms with van der Waals surface area (Å²) >= 11 is 0. The Morgan fingerprint density at radius 3 is 2.11 bits per heavy atom. The Balaban J connectivity index is 1.33. The van der Waals surface area contributed by atoms with Crippen molar-refractivity contribution < 1.29 is 9.59 Å². The monoisotopic (exact) mass is 392 g/mol. The van der Waals surface area contributed by atoms with Gasteiger partial charge in [-0.3, -0.25) is 14.5 Å². The number of carbonyl (C=O) groups excluding carboxylic acids is 2. The van der Waals surface area contributed by atoms with E-state index >= 15 is 0 Å². The van der Waals surface area contributed by atoms with Gasteiger partial charge in [-0.1, -0.05) is 13.8 Å². The fourth-order valence-electron chi connectivity index (χ4n) is 5.16. The Morgan fingerprint density at radius 2 is 1.57 bits per heavy atom. The first-order valence-corrected chi connectivity index (χ1v) is 11.3. The van der Waals surface area contributed by atoms with Gasteiger partial charge in [0.05, 0.1) is 0 Å². The van der Waals surface area contributed by atoms with E-state index in [9.17, 15) is 9.59 Å². The first-order valence-electron chi connectivity index (χ1n) is 11.3. The SMILES string of the molecule is CC(C)C(=O)NCC1CC2CN(C(=O)CCN3CCN(C(C)C)CC3)CC2C1. The molecular weight excluding hydrogens is 352 g/mol. The number of hydrogen-bond acceptors (Lipinski definition) is 4. The Hall–Kier alpha value is -1.14. The van der Waals surface area contributed by atoms with Crippen LogP contribution < -0.4 is 5.32 Å². The molecule has 1 aliphatic carbocycles. The first kappa shape index (κ1) is 21.6. The number of likely N-dealkylation sites (tertiary alicyclic amines) is 1. The molecule has 0 aromatic carbocycles. The summed E-state index contributed by atoms with van der Waals surface area (Å²) in [5, 5.41) is 3.09. The summed E-state index contributed by atoms with van der Waals surface area (Å²) in [6.07, 6.45) is 2.98. The molecule has 2 unspecified atom stereocenters. The van der Waals surface area contributed by atoms with Crippen LogP contribution in [0.3, 0.4) is 0 Å². The van der Waals surface area contributed by atoms with Crippen molar-refractivity contribution in [2.45, 2.75) is 53.0 Å². The summed E-state index contributed by atoms with van der Waals surface area (Å²) in [5.41, 5.74) is 0. The molecule has 2 aliphatic heterocycles. The molecule has 0 spiro atoms. The van der Waals surface area contributed by atoms with Gasteiger partial charge in [-0.15, -0.1) is 0 Å². The van der Waals surface area contributed by atoms with Crippen LogP contribution in [0.25, 0.3) is 0 Å². The van der Waals surface area contributed by atoms with Gasteiger partial charge in [-0.2, -0.15) is 0 Å². The Kier molecular flexibility index (Phi) is 7.37. The predicted molar refractivity (Wildman–Crippen MR) is 112 cm³/mol. The summed E-state index contributed by atoms with van der Waals surface area (Å²) in [7, 11) is 0. The zero-order valence-corrected chi connectivity index (χ0v) is 18.3. The third kappa shape index (κ3) is 5.47. The average Bonchev–Trinajstić information content (AvgIpc) is 3.23. The van der Waals surface area contributed by atoms with Crippen molar-refractivity contribution in [3.63, 3.8) is 0 Å². The second-order valence-corrected chi connectivity index (χ2v) is 9.78. The van der Waals surface area contributed by atoms with Crippen molar-refractivity contribution in [2.24, 2.45) is 23.7 Å². The maximum atomic E-state index is 12.7. The number of amides is 2. The van der Waals surface area contributed by atoms with Gasteiger partial charge >= 0.3 is 0 Å². The standard InChI is InChI=1S/C22H40N4O2/c1-16(2)22(28)23-13-18-11-19-14-26(15-20(19)12-18)21(27)5-6-24-7-9-25(10-8-24)17(3)4/h16-20H,5-15H2,1-4H3,(H,23,28). The zero-order chi connectivity index (χ0) is 20.3. The molecule has 0 bridgehead atoms.